The zero-order valence-corrected chi connectivity index (χ0v) is 7.31. The van der Waals surface area contributed by atoms with Crippen LogP contribution in [0.4, 0.5) is 0 Å². The molecule has 1 aliphatic heterocycles. The molecule has 1 rings (SSSR count). The summed E-state index contributed by atoms with van der Waals surface area (Å²) in [6, 6.07) is 0. The van der Waals surface area contributed by atoms with Gasteiger partial charge in [-0.05, 0) is 38.8 Å². The van der Waals surface area contributed by atoms with Crippen molar-refractivity contribution in [2.45, 2.75) is 32.8 Å². The molecule has 0 fully saturated rings. The van der Waals surface area contributed by atoms with Crippen molar-refractivity contribution in [1.82, 2.24) is 0 Å². The van der Waals surface area contributed by atoms with Gasteiger partial charge in [-0.2, -0.15) is 0 Å². The first-order valence-electron chi connectivity index (χ1n) is 3.88. The molecule has 0 radical (unpaired) electrons. The highest BCUT2D eigenvalue weighted by molar-refractivity contribution is 5.93. The molecular weight excluding hydrogens is 140 g/mol. The average molecular weight is 154 g/mol. The number of hydrogen-bond donors (Lipinski definition) is 0. The molecule has 0 N–H and O–H groups in total. The third kappa shape index (κ3) is 2.15. The van der Waals surface area contributed by atoms with Gasteiger partial charge in [0.25, 0.3) is 0 Å². The highest BCUT2D eigenvalue weighted by Crippen LogP contribution is 2.21. The predicted octanol–water partition coefficient (Wildman–Crippen LogP) is 1.70. The van der Waals surface area contributed by atoms with Crippen molar-refractivity contribution in [2.24, 2.45) is 0 Å². The van der Waals surface area contributed by atoms with Crippen molar-refractivity contribution in [2.75, 3.05) is 6.61 Å². The van der Waals surface area contributed by atoms with E-state index in [1.165, 1.54) is 0 Å². The second-order valence-corrected chi connectivity index (χ2v) is 3.43. The van der Waals surface area contributed by atoms with E-state index in [0.717, 1.165) is 12.0 Å². The van der Waals surface area contributed by atoms with Gasteiger partial charge in [0, 0.05) is 0 Å². The van der Waals surface area contributed by atoms with Gasteiger partial charge in [0.2, 0.25) is 0 Å². The van der Waals surface area contributed by atoms with Crippen LogP contribution in [0.3, 0.4) is 0 Å². The van der Waals surface area contributed by atoms with Crippen molar-refractivity contribution in [3.8, 4) is 0 Å². The zero-order chi connectivity index (χ0) is 8.48. The van der Waals surface area contributed by atoms with Crippen molar-refractivity contribution in [1.29, 1.82) is 0 Å². The van der Waals surface area contributed by atoms with Crippen molar-refractivity contribution in [3.05, 3.63) is 11.6 Å². The summed E-state index contributed by atoms with van der Waals surface area (Å²) in [4.78, 5) is 11.0. The van der Waals surface area contributed by atoms with Gasteiger partial charge in [-0.15, -0.1) is 0 Å². The molecule has 0 saturated carbocycles. The minimum atomic E-state index is -0.251. The molecule has 1 aliphatic rings. The molecule has 1 heterocycles. The number of Topliss-reactive ketones (excluding diaryl/α,β-unsaturated/α-hetero) is 1. The van der Waals surface area contributed by atoms with Gasteiger partial charge in [-0.1, -0.05) is 0 Å². The molecule has 0 bridgehead atoms. The molecular formula is C9H14O2. The summed E-state index contributed by atoms with van der Waals surface area (Å²) in [7, 11) is 0. The SMILES string of the molecule is CC(=O)C1=CC(C)(C)OCC1. The second-order valence-electron chi connectivity index (χ2n) is 3.43. The monoisotopic (exact) mass is 154 g/mol. The van der Waals surface area contributed by atoms with Gasteiger partial charge in [0.15, 0.2) is 5.78 Å². The molecule has 0 aromatic rings. The standard InChI is InChI=1S/C9H14O2/c1-7(10)8-4-5-11-9(2,3)6-8/h6H,4-5H2,1-3H3. The van der Waals surface area contributed by atoms with E-state index in [1.807, 2.05) is 19.9 Å². The van der Waals surface area contributed by atoms with Crippen LogP contribution in [0.1, 0.15) is 27.2 Å². The normalized spacial score (nSPS) is 22.6. The molecule has 0 unspecified atom stereocenters. The van der Waals surface area contributed by atoms with E-state index in [2.05, 4.69) is 0 Å². The summed E-state index contributed by atoms with van der Waals surface area (Å²) < 4.78 is 5.42. The van der Waals surface area contributed by atoms with Gasteiger partial charge < -0.3 is 4.74 Å². The Balaban J connectivity index is 2.81. The predicted molar refractivity (Wildman–Crippen MR) is 43.4 cm³/mol. The van der Waals surface area contributed by atoms with E-state index >= 15 is 0 Å². The highest BCUT2D eigenvalue weighted by atomic mass is 16.5. The summed E-state index contributed by atoms with van der Waals surface area (Å²) >= 11 is 0. The first-order valence-corrected chi connectivity index (χ1v) is 3.88. The fraction of sp³-hybridized carbons (Fsp3) is 0.667. The van der Waals surface area contributed by atoms with Gasteiger partial charge in [0.1, 0.15) is 0 Å². The van der Waals surface area contributed by atoms with Crippen LogP contribution >= 0.6 is 0 Å². The minimum Gasteiger partial charge on any atom is -0.371 e. The number of carbonyl (C=O) groups is 1. The molecule has 0 atom stereocenters. The van der Waals surface area contributed by atoms with Gasteiger partial charge >= 0.3 is 0 Å². The Bertz CT molecular complexity index is 202. The van der Waals surface area contributed by atoms with Crippen molar-refractivity contribution >= 4 is 5.78 Å². The van der Waals surface area contributed by atoms with Crippen LogP contribution in [-0.2, 0) is 9.53 Å². The van der Waals surface area contributed by atoms with Crippen LogP contribution in [0.15, 0.2) is 11.6 Å². The lowest BCUT2D eigenvalue weighted by Gasteiger charge is -2.27. The third-order valence-corrected chi connectivity index (χ3v) is 1.82. The molecule has 0 spiro atoms. The molecule has 2 nitrogen and oxygen atoms in total. The molecule has 2 heteroatoms. The van der Waals surface area contributed by atoms with Crippen LogP contribution < -0.4 is 0 Å². The first-order chi connectivity index (χ1) is 5.01. The highest BCUT2D eigenvalue weighted by Gasteiger charge is 2.22. The molecule has 11 heavy (non-hydrogen) atoms. The van der Waals surface area contributed by atoms with Crippen molar-refractivity contribution < 1.29 is 9.53 Å². The van der Waals surface area contributed by atoms with Gasteiger partial charge in [0.05, 0.1) is 12.2 Å². The van der Waals surface area contributed by atoms with E-state index in [0.29, 0.717) is 6.61 Å². The Morgan fingerprint density at radius 3 is 2.64 bits per heavy atom. The molecule has 0 aromatic carbocycles. The smallest absolute Gasteiger partial charge is 0.155 e. The lowest BCUT2D eigenvalue weighted by atomic mass is 9.98. The maximum absolute atomic E-state index is 11.0. The molecule has 0 aliphatic carbocycles. The number of carbonyl (C=O) groups excluding carboxylic acids is 1. The summed E-state index contributed by atoms with van der Waals surface area (Å²) in [5.74, 6) is 0.168. The summed E-state index contributed by atoms with van der Waals surface area (Å²) in [5, 5.41) is 0. The van der Waals surface area contributed by atoms with Crippen LogP contribution in [0.2, 0.25) is 0 Å². The van der Waals surface area contributed by atoms with E-state index in [9.17, 15) is 4.79 Å². The summed E-state index contributed by atoms with van der Waals surface area (Å²) in [6.07, 6.45) is 2.68. The topological polar surface area (TPSA) is 26.3 Å². The largest absolute Gasteiger partial charge is 0.371 e. The summed E-state index contributed by atoms with van der Waals surface area (Å²) in [6.45, 7) is 6.20. The Morgan fingerprint density at radius 2 is 2.27 bits per heavy atom. The van der Waals surface area contributed by atoms with Crippen LogP contribution in [0.5, 0.6) is 0 Å². The number of ether oxygens (including phenoxy) is 1. The lowest BCUT2D eigenvalue weighted by molar-refractivity contribution is -0.114. The van der Waals surface area contributed by atoms with Crippen molar-refractivity contribution in [3.63, 3.8) is 0 Å². The van der Waals surface area contributed by atoms with E-state index in [-0.39, 0.29) is 11.4 Å². The first kappa shape index (κ1) is 8.47. The maximum Gasteiger partial charge on any atom is 0.155 e. The summed E-state index contributed by atoms with van der Waals surface area (Å²) in [5.41, 5.74) is 0.653. The van der Waals surface area contributed by atoms with Gasteiger partial charge in [-0.3, -0.25) is 4.79 Å². The molecule has 62 valence electrons. The Morgan fingerprint density at radius 1 is 1.64 bits per heavy atom. The lowest BCUT2D eigenvalue weighted by Crippen LogP contribution is -2.28. The minimum absolute atomic E-state index is 0.168. The maximum atomic E-state index is 11.0. The van der Waals surface area contributed by atoms with Crippen LogP contribution in [-0.4, -0.2) is 18.0 Å². The second kappa shape index (κ2) is 2.78. The van der Waals surface area contributed by atoms with Crippen LogP contribution in [0.25, 0.3) is 0 Å². The fourth-order valence-electron chi connectivity index (χ4n) is 1.24. The van der Waals surface area contributed by atoms with Crippen LogP contribution in [0, 0.1) is 0 Å². The Labute approximate surface area is 67.2 Å². The quantitative estimate of drug-likeness (QED) is 0.574. The van der Waals surface area contributed by atoms with E-state index in [4.69, 9.17) is 4.74 Å². The fourth-order valence-corrected chi connectivity index (χ4v) is 1.24. The average Bonchev–Trinajstić information content (AvgIpc) is 1.85. The third-order valence-electron chi connectivity index (χ3n) is 1.82. The number of ketones is 1. The van der Waals surface area contributed by atoms with Gasteiger partial charge in [-0.25, -0.2) is 0 Å². The number of hydrogen-bond acceptors (Lipinski definition) is 2. The Hall–Kier alpha value is -0.630. The number of rotatable bonds is 1. The van der Waals surface area contributed by atoms with E-state index in [1.54, 1.807) is 6.92 Å². The Kier molecular flexibility index (Phi) is 2.14. The molecule has 0 amide bonds. The van der Waals surface area contributed by atoms with E-state index < -0.39 is 0 Å². The zero-order valence-electron chi connectivity index (χ0n) is 7.31. The molecule has 0 aromatic heterocycles. The molecule has 0 saturated heterocycles.